The van der Waals surface area contributed by atoms with Crippen LogP contribution < -0.4 is 0 Å². The average molecular weight is 331 g/mol. The second-order valence-electron chi connectivity index (χ2n) is 4.29. The van der Waals surface area contributed by atoms with Gasteiger partial charge in [-0.25, -0.2) is 8.42 Å². The second kappa shape index (κ2) is 6.08. The monoisotopic (exact) mass is 330 g/mol. The Balaban J connectivity index is 2.23. The van der Waals surface area contributed by atoms with Crippen molar-refractivity contribution >= 4 is 33.0 Å². The summed E-state index contributed by atoms with van der Waals surface area (Å²) in [5, 5.41) is 7.71. The number of nitrogens with zero attached hydrogens (tertiary/aromatic N) is 2. The predicted octanol–water partition coefficient (Wildman–Crippen LogP) is 3.24. The smallest absolute Gasteiger partial charge is 0.184 e. The highest BCUT2D eigenvalue weighted by Gasteiger charge is 2.17. The number of sulfone groups is 1. The highest BCUT2D eigenvalue weighted by atomic mass is 35.5. The van der Waals surface area contributed by atoms with Gasteiger partial charge < -0.3 is 0 Å². The van der Waals surface area contributed by atoms with Crippen LogP contribution in [0.3, 0.4) is 0 Å². The van der Waals surface area contributed by atoms with Crippen LogP contribution in [0.25, 0.3) is 0 Å². The minimum Gasteiger partial charge on any atom is -0.223 e. The zero-order valence-corrected chi connectivity index (χ0v) is 13.0. The van der Waals surface area contributed by atoms with Crippen LogP contribution in [0.2, 0.25) is 0 Å². The average Bonchev–Trinajstić information content (AvgIpc) is 2.41. The van der Waals surface area contributed by atoms with Gasteiger partial charge in [0, 0.05) is 0 Å². The predicted molar refractivity (Wildman–Crippen MR) is 78.5 cm³/mol. The molecule has 1 aromatic heterocycles. The van der Waals surface area contributed by atoms with Crippen LogP contribution >= 0.6 is 23.2 Å². The van der Waals surface area contributed by atoms with Crippen LogP contribution in [0.5, 0.6) is 0 Å². The minimum atomic E-state index is -3.46. The number of halogens is 2. The summed E-state index contributed by atoms with van der Waals surface area (Å²) in [5.74, 6) is -0.190. The molecule has 0 spiro atoms. The van der Waals surface area contributed by atoms with Gasteiger partial charge in [0.2, 0.25) is 0 Å². The van der Waals surface area contributed by atoms with Gasteiger partial charge in [0.1, 0.15) is 4.84 Å². The van der Waals surface area contributed by atoms with Crippen molar-refractivity contribution in [1.29, 1.82) is 0 Å². The third-order valence-electron chi connectivity index (χ3n) is 2.68. The lowest BCUT2D eigenvalue weighted by Gasteiger charge is -2.06. The molecule has 2 rings (SSSR count). The van der Waals surface area contributed by atoms with Crippen molar-refractivity contribution in [3.05, 3.63) is 53.3 Å². The van der Waals surface area contributed by atoms with E-state index in [1.165, 1.54) is 12.1 Å². The number of rotatable bonds is 4. The molecule has 7 heteroatoms. The number of alkyl halides is 2. The quantitative estimate of drug-likeness (QED) is 0.807. The maximum atomic E-state index is 12.2. The van der Waals surface area contributed by atoms with Crippen molar-refractivity contribution in [2.45, 2.75) is 22.4 Å². The Morgan fingerprint density at radius 3 is 2.20 bits per heavy atom. The third kappa shape index (κ3) is 3.69. The molecule has 1 aromatic carbocycles. The summed E-state index contributed by atoms with van der Waals surface area (Å²) in [4.78, 5) is -0.465. The molecule has 0 unspecified atom stereocenters. The maximum absolute atomic E-state index is 12.2. The van der Waals surface area contributed by atoms with E-state index in [1.807, 2.05) is 0 Å². The summed E-state index contributed by atoms with van der Waals surface area (Å²) >= 11 is 11.4. The molecule has 0 aliphatic carbocycles. The van der Waals surface area contributed by atoms with Crippen molar-refractivity contribution < 1.29 is 8.42 Å². The van der Waals surface area contributed by atoms with Gasteiger partial charge >= 0.3 is 0 Å². The molecular formula is C13H12Cl2N2O2S. The molecule has 20 heavy (non-hydrogen) atoms. The number of hydrogen-bond acceptors (Lipinski definition) is 4. The van der Waals surface area contributed by atoms with Crippen LogP contribution in [0.4, 0.5) is 0 Å². The Bertz CT molecular complexity index is 683. The molecule has 2 aromatic rings. The van der Waals surface area contributed by atoms with Gasteiger partial charge in [-0.3, -0.25) is 0 Å². The number of benzene rings is 1. The topological polar surface area (TPSA) is 59.9 Å². The lowest BCUT2D eigenvalue weighted by atomic mass is 10.2. The Labute approximate surface area is 127 Å². The lowest BCUT2D eigenvalue weighted by molar-refractivity contribution is 0.594. The van der Waals surface area contributed by atoms with E-state index in [-0.39, 0.29) is 10.6 Å². The van der Waals surface area contributed by atoms with Crippen molar-refractivity contribution in [3.63, 3.8) is 0 Å². The van der Waals surface area contributed by atoms with Crippen LogP contribution in [0.15, 0.2) is 41.3 Å². The van der Waals surface area contributed by atoms with Crippen LogP contribution in [0, 0.1) is 6.92 Å². The third-order valence-corrected chi connectivity index (χ3v) is 4.85. The normalized spacial score (nSPS) is 11.8. The van der Waals surface area contributed by atoms with E-state index >= 15 is 0 Å². The highest BCUT2D eigenvalue weighted by Crippen LogP contribution is 2.26. The lowest BCUT2D eigenvalue weighted by Crippen LogP contribution is -2.07. The molecule has 0 N–H and O–H groups in total. The van der Waals surface area contributed by atoms with Gasteiger partial charge in [0.05, 0.1) is 22.0 Å². The molecule has 0 aliphatic heterocycles. The summed E-state index contributed by atoms with van der Waals surface area (Å²) in [7, 11) is -3.46. The molecule has 0 aliphatic rings. The van der Waals surface area contributed by atoms with Crippen LogP contribution in [-0.4, -0.2) is 18.6 Å². The van der Waals surface area contributed by atoms with Gasteiger partial charge in [0.25, 0.3) is 0 Å². The van der Waals surface area contributed by atoms with E-state index in [4.69, 9.17) is 23.2 Å². The number of aromatic nitrogens is 2. The van der Waals surface area contributed by atoms with E-state index < -0.39 is 14.7 Å². The molecule has 106 valence electrons. The summed E-state index contributed by atoms with van der Waals surface area (Å²) in [6.07, 6.45) is 0. The van der Waals surface area contributed by atoms with Gasteiger partial charge in [-0.05, 0) is 36.8 Å². The van der Waals surface area contributed by atoms with E-state index in [1.54, 1.807) is 31.2 Å². The van der Waals surface area contributed by atoms with Crippen molar-refractivity contribution in [1.82, 2.24) is 10.2 Å². The minimum absolute atomic E-state index is 0.190. The zero-order valence-electron chi connectivity index (χ0n) is 10.6. The summed E-state index contributed by atoms with van der Waals surface area (Å²) in [6, 6.07) is 9.55. The summed E-state index contributed by atoms with van der Waals surface area (Å²) in [6.45, 7) is 1.79. The SMILES string of the molecule is Cc1ccc(CS(=O)(=O)c2ccc(C(Cl)Cl)cc2)nn1. The van der Waals surface area contributed by atoms with Crippen molar-refractivity contribution in [3.8, 4) is 0 Å². The Hall–Kier alpha value is -1.17. The summed E-state index contributed by atoms with van der Waals surface area (Å²) in [5.41, 5.74) is 1.81. The molecule has 0 fully saturated rings. The summed E-state index contributed by atoms with van der Waals surface area (Å²) < 4.78 is 24.5. The van der Waals surface area contributed by atoms with E-state index in [2.05, 4.69) is 10.2 Å². The fourth-order valence-corrected chi connectivity index (χ4v) is 3.15. The highest BCUT2D eigenvalue weighted by molar-refractivity contribution is 7.90. The standard InChI is InChI=1S/C13H12Cl2N2O2S/c1-9-2-5-11(17-16-9)8-20(18,19)12-6-3-10(4-7-12)13(14)15/h2-7,13H,8H2,1H3. The first-order valence-corrected chi connectivity index (χ1v) is 8.31. The van der Waals surface area contributed by atoms with E-state index in [0.717, 1.165) is 5.69 Å². The zero-order chi connectivity index (χ0) is 14.8. The first kappa shape index (κ1) is 15.2. The van der Waals surface area contributed by atoms with Gasteiger partial charge in [0.15, 0.2) is 9.84 Å². The molecule has 0 saturated heterocycles. The van der Waals surface area contributed by atoms with Gasteiger partial charge in [-0.2, -0.15) is 10.2 Å². The van der Waals surface area contributed by atoms with E-state index in [0.29, 0.717) is 11.3 Å². The largest absolute Gasteiger partial charge is 0.223 e. The Morgan fingerprint density at radius 1 is 1.05 bits per heavy atom. The van der Waals surface area contributed by atoms with Crippen LogP contribution in [0.1, 0.15) is 21.8 Å². The molecule has 0 atom stereocenters. The van der Waals surface area contributed by atoms with Crippen molar-refractivity contribution in [2.75, 3.05) is 0 Å². The van der Waals surface area contributed by atoms with Gasteiger partial charge in [-0.1, -0.05) is 12.1 Å². The van der Waals surface area contributed by atoms with Crippen molar-refractivity contribution in [2.24, 2.45) is 0 Å². The molecule has 0 radical (unpaired) electrons. The number of hydrogen-bond donors (Lipinski definition) is 0. The molecule has 1 heterocycles. The second-order valence-corrected chi connectivity index (χ2v) is 7.38. The van der Waals surface area contributed by atoms with Gasteiger partial charge in [-0.15, -0.1) is 23.2 Å². The first-order chi connectivity index (χ1) is 9.38. The molecule has 0 amide bonds. The fraction of sp³-hybridized carbons (Fsp3) is 0.231. The Kier molecular flexibility index (Phi) is 4.62. The molecular weight excluding hydrogens is 319 g/mol. The number of aryl methyl sites for hydroxylation is 1. The molecule has 4 nitrogen and oxygen atoms in total. The van der Waals surface area contributed by atoms with Crippen LogP contribution in [-0.2, 0) is 15.6 Å². The fourth-order valence-electron chi connectivity index (χ4n) is 1.60. The Morgan fingerprint density at radius 2 is 1.70 bits per heavy atom. The van der Waals surface area contributed by atoms with E-state index in [9.17, 15) is 8.42 Å². The first-order valence-electron chi connectivity index (χ1n) is 5.78. The molecule has 0 saturated carbocycles. The molecule has 0 bridgehead atoms. The maximum Gasteiger partial charge on any atom is 0.184 e.